The second-order valence-corrected chi connectivity index (χ2v) is 4.96. The fraction of sp³-hybridized carbons (Fsp3) is 0.133. The number of hydrogen-bond donors (Lipinski definition) is 1. The van der Waals surface area contributed by atoms with Crippen LogP contribution in [0, 0.1) is 5.82 Å². The van der Waals surface area contributed by atoms with Crippen molar-refractivity contribution in [3.63, 3.8) is 0 Å². The number of benzene rings is 2. The molecule has 0 unspecified atom stereocenters. The van der Waals surface area contributed by atoms with Gasteiger partial charge in [-0.15, -0.1) is 0 Å². The largest absolute Gasteiger partial charge is 0.444 e. The second-order valence-electron chi connectivity index (χ2n) is 4.52. The maximum absolute atomic E-state index is 13.0. The van der Waals surface area contributed by atoms with Crippen LogP contribution in [0.2, 0.25) is 5.02 Å². The zero-order valence-electron chi connectivity index (χ0n) is 11.5. The monoisotopic (exact) mass is 347 g/mol. The summed E-state index contributed by atoms with van der Waals surface area (Å²) >= 11 is 5.54. The normalized spacial score (nSPS) is 11.2. The van der Waals surface area contributed by atoms with Crippen molar-refractivity contribution < 1.29 is 27.1 Å². The van der Waals surface area contributed by atoms with Crippen LogP contribution in [0.4, 0.5) is 28.0 Å². The summed E-state index contributed by atoms with van der Waals surface area (Å²) in [6.45, 7) is -0.279. The predicted molar refractivity (Wildman–Crippen MR) is 76.7 cm³/mol. The second kappa shape index (κ2) is 6.87. The van der Waals surface area contributed by atoms with E-state index in [0.717, 1.165) is 12.1 Å². The van der Waals surface area contributed by atoms with Gasteiger partial charge in [0, 0.05) is 5.02 Å². The SMILES string of the molecule is O=C(Nc1ccc(Cl)cc1C(F)(F)F)OCc1cccc(F)c1. The lowest BCUT2D eigenvalue weighted by molar-refractivity contribution is -0.136. The van der Waals surface area contributed by atoms with E-state index < -0.39 is 29.3 Å². The average Bonchev–Trinajstić information content (AvgIpc) is 2.46. The third-order valence-corrected chi connectivity index (χ3v) is 3.02. The van der Waals surface area contributed by atoms with Gasteiger partial charge in [0.2, 0.25) is 0 Å². The Bertz CT molecular complexity index is 719. The van der Waals surface area contributed by atoms with Crippen LogP contribution in [0.15, 0.2) is 42.5 Å². The Hall–Kier alpha value is -2.28. The van der Waals surface area contributed by atoms with Crippen molar-refractivity contribution in [1.82, 2.24) is 0 Å². The molecule has 1 N–H and O–H groups in total. The average molecular weight is 348 g/mol. The fourth-order valence-electron chi connectivity index (χ4n) is 1.78. The lowest BCUT2D eigenvalue weighted by atomic mass is 10.1. The van der Waals surface area contributed by atoms with Crippen molar-refractivity contribution in [3.05, 3.63) is 64.4 Å². The number of amides is 1. The molecule has 2 aromatic rings. The number of carbonyl (C=O) groups excluding carboxylic acids is 1. The molecule has 0 radical (unpaired) electrons. The van der Waals surface area contributed by atoms with Gasteiger partial charge in [-0.05, 0) is 35.9 Å². The third kappa shape index (κ3) is 4.85. The number of hydrogen-bond acceptors (Lipinski definition) is 2. The molecule has 0 aromatic heterocycles. The van der Waals surface area contributed by atoms with Crippen molar-refractivity contribution >= 4 is 23.4 Å². The molecule has 0 aliphatic heterocycles. The molecule has 3 nitrogen and oxygen atoms in total. The van der Waals surface area contributed by atoms with E-state index >= 15 is 0 Å². The van der Waals surface area contributed by atoms with Gasteiger partial charge in [0.05, 0.1) is 11.3 Å². The highest BCUT2D eigenvalue weighted by atomic mass is 35.5. The molecule has 23 heavy (non-hydrogen) atoms. The van der Waals surface area contributed by atoms with E-state index in [1.165, 1.54) is 24.3 Å². The molecule has 1 amide bonds. The van der Waals surface area contributed by atoms with E-state index in [4.69, 9.17) is 16.3 Å². The summed E-state index contributed by atoms with van der Waals surface area (Å²) in [5.74, 6) is -0.511. The van der Waals surface area contributed by atoms with Crippen LogP contribution < -0.4 is 5.32 Å². The van der Waals surface area contributed by atoms with Crippen molar-refractivity contribution in [2.45, 2.75) is 12.8 Å². The first-order valence-electron chi connectivity index (χ1n) is 6.30. The smallest absolute Gasteiger partial charge is 0.418 e. The van der Waals surface area contributed by atoms with Gasteiger partial charge < -0.3 is 4.74 Å². The van der Waals surface area contributed by atoms with Crippen molar-refractivity contribution in [2.75, 3.05) is 5.32 Å². The molecule has 8 heteroatoms. The predicted octanol–water partition coefficient (Wildman–Crippen LogP) is 5.25. The minimum absolute atomic E-state index is 0.115. The molecule has 2 rings (SSSR count). The van der Waals surface area contributed by atoms with Gasteiger partial charge in [-0.25, -0.2) is 9.18 Å². The minimum atomic E-state index is -4.68. The molecular weight excluding hydrogens is 338 g/mol. The van der Waals surface area contributed by atoms with E-state index in [9.17, 15) is 22.4 Å². The maximum Gasteiger partial charge on any atom is 0.418 e. The molecule has 0 spiro atoms. The molecule has 2 aromatic carbocycles. The first kappa shape index (κ1) is 17.1. The molecule has 0 atom stereocenters. The Labute approximate surface area is 133 Å². The summed E-state index contributed by atoms with van der Waals surface area (Å²) in [5, 5.41) is 1.88. The summed E-state index contributed by atoms with van der Waals surface area (Å²) in [6, 6.07) is 8.23. The Morgan fingerprint density at radius 2 is 1.91 bits per heavy atom. The van der Waals surface area contributed by atoms with E-state index in [2.05, 4.69) is 0 Å². The summed E-state index contributed by atoms with van der Waals surface area (Å²) < 4.78 is 56.4. The van der Waals surface area contributed by atoms with Gasteiger partial charge in [0.15, 0.2) is 0 Å². The Morgan fingerprint density at radius 1 is 1.17 bits per heavy atom. The Kier molecular flexibility index (Phi) is 5.10. The van der Waals surface area contributed by atoms with E-state index in [0.29, 0.717) is 11.6 Å². The quantitative estimate of drug-likeness (QED) is 0.770. The van der Waals surface area contributed by atoms with E-state index in [1.54, 1.807) is 0 Å². The standard InChI is InChI=1S/C15H10ClF4NO2/c16-10-4-5-13(12(7-10)15(18,19)20)21-14(22)23-8-9-2-1-3-11(17)6-9/h1-7H,8H2,(H,21,22). The summed E-state index contributed by atoms with van der Waals surface area (Å²) in [7, 11) is 0. The molecule has 0 aliphatic rings. The first-order valence-corrected chi connectivity index (χ1v) is 6.68. The van der Waals surface area contributed by atoms with Gasteiger partial charge in [-0.2, -0.15) is 13.2 Å². The summed E-state index contributed by atoms with van der Waals surface area (Å²) in [5.41, 5.74) is -1.20. The number of halogens is 5. The minimum Gasteiger partial charge on any atom is -0.444 e. The zero-order valence-corrected chi connectivity index (χ0v) is 12.2. The van der Waals surface area contributed by atoms with Crippen molar-refractivity contribution in [1.29, 1.82) is 0 Å². The fourth-order valence-corrected chi connectivity index (χ4v) is 1.95. The number of rotatable bonds is 3. The zero-order chi connectivity index (χ0) is 17.0. The molecule has 0 aliphatic carbocycles. The molecule has 0 saturated heterocycles. The molecule has 0 saturated carbocycles. The third-order valence-electron chi connectivity index (χ3n) is 2.78. The van der Waals surface area contributed by atoms with Gasteiger partial charge >= 0.3 is 12.3 Å². The van der Waals surface area contributed by atoms with Gasteiger partial charge in [0.25, 0.3) is 0 Å². The Morgan fingerprint density at radius 3 is 2.57 bits per heavy atom. The molecule has 0 heterocycles. The highest BCUT2D eigenvalue weighted by molar-refractivity contribution is 6.30. The molecular formula is C15H10ClF4NO2. The van der Waals surface area contributed by atoms with Crippen LogP contribution in [0.25, 0.3) is 0 Å². The highest BCUT2D eigenvalue weighted by Gasteiger charge is 2.34. The number of anilines is 1. The van der Waals surface area contributed by atoms with E-state index in [1.807, 2.05) is 5.32 Å². The lowest BCUT2D eigenvalue weighted by Crippen LogP contribution is -2.17. The molecule has 0 fully saturated rings. The lowest BCUT2D eigenvalue weighted by Gasteiger charge is -2.14. The number of carbonyl (C=O) groups is 1. The number of ether oxygens (including phenoxy) is 1. The van der Waals surface area contributed by atoms with Crippen molar-refractivity contribution in [2.24, 2.45) is 0 Å². The van der Waals surface area contributed by atoms with Crippen LogP contribution in [0.5, 0.6) is 0 Å². The number of nitrogens with one attached hydrogen (secondary N) is 1. The highest BCUT2D eigenvalue weighted by Crippen LogP contribution is 2.36. The number of alkyl halides is 3. The maximum atomic E-state index is 13.0. The summed E-state index contributed by atoms with van der Waals surface area (Å²) in [4.78, 5) is 11.6. The van der Waals surface area contributed by atoms with Crippen LogP contribution in [-0.2, 0) is 17.5 Å². The Balaban J connectivity index is 2.06. The van der Waals surface area contributed by atoms with Gasteiger partial charge in [-0.3, -0.25) is 5.32 Å². The van der Waals surface area contributed by atoms with Crippen LogP contribution in [0.1, 0.15) is 11.1 Å². The molecule has 122 valence electrons. The van der Waals surface area contributed by atoms with Crippen LogP contribution in [-0.4, -0.2) is 6.09 Å². The van der Waals surface area contributed by atoms with Crippen LogP contribution >= 0.6 is 11.6 Å². The summed E-state index contributed by atoms with van der Waals surface area (Å²) in [6.07, 6.45) is -5.78. The van der Waals surface area contributed by atoms with Gasteiger partial charge in [0.1, 0.15) is 12.4 Å². The first-order chi connectivity index (χ1) is 10.8. The topological polar surface area (TPSA) is 38.3 Å². The van der Waals surface area contributed by atoms with Gasteiger partial charge in [-0.1, -0.05) is 23.7 Å². The van der Waals surface area contributed by atoms with E-state index in [-0.39, 0.29) is 11.6 Å². The van der Waals surface area contributed by atoms with Crippen molar-refractivity contribution in [3.8, 4) is 0 Å². The molecule has 0 bridgehead atoms. The van der Waals surface area contributed by atoms with Crippen LogP contribution in [0.3, 0.4) is 0 Å².